The second-order valence-electron chi connectivity index (χ2n) is 2.53. The van der Waals surface area contributed by atoms with Gasteiger partial charge >= 0.3 is 0 Å². The topological polar surface area (TPSA) is 23.6 Å². The summed E-state index contributed by atoms with van der Waals surface area (Å²) in [5.74, 6) is 0.117. The predicted molar refractivity (Wildman–Crippen MR) is 41.5 cm³/mol. The lowest BCUT2D eigenvalue weighted by Gasteiger charge is -2.16. The fourth-order valence-electron chi connectivity index (χ4n) is 0.451. The van der Waals surface area contributed by atoms with Gasteiger partial charge in [-0.25, -0.2) is 0 Å². The summed E-state index contributed by atoms with van der Waals surface area (Å²) in [4.78, 5) is 14.4. The van der Waals surface area contributed by atoms with Crippen molar-refractivity contribution in [2.75, 3.05) is 34.2 Å². The second kappa shape index (κ2) is 4.28. The maximum absolute atomic E-state index is 11.0. The maximum Gasteiger partial charge on any atom is 0.236 e. The van der Waals surface area contributed by atoms with E-state index in [1.807, 2.05) is 11.9 Å². The number of hydrogen-bond donors (Lipinski definition) is 0. The van der Waals surface area contributed by atoms with Crippen LogP contribution in [0.15, 0.2) is 0 Å². The molecule has 0 aromatic heterocycles. The van der Waals surface area contributed by atoms with Crippen molar-refractivity contribution in [3.05, 3.63) is 6.92 Å². The molecule has 0 saturated heterocycles. The summed E-state index contributed by atoms with van der Waals surface area (Å²) in [6.45, 7) is 4.77. The molecule has 0 aliphatic heterocycles. The Morgan fingerprint density at radius 2 is 1.90 bits per heavy atom. The number of nitrogens with zero attached hydrogens (tertiary/aromatic N) is 2. The molecule has 0 aromatic rings. The van der Waals surface area contributed by atoms with Crippen molar-refractivity contribution in [1.82, 2.24) is 9.80 Å². The molecule has 59 valence electrons. The lowest BCUT2D eigenvalue weighted by molar-refractivity contribution is -0.129. The predicted octanol–water partition coefficient (Wildman–Crippen LogP) is -0.160. The van der Waals surface area contributed by atoms with E-state index in [-0.39, 0.29) is 5.91 Å². The first-order valence-electron chi connectivity index (χ1n) is 3.26. The zero-order valence-corrected chi connectivity index (χ0v) is 6.92. The highest BCUT2D eigenvalue weighted by atomic mass is 16.2. The van der Waals surface area contributed by atoms with E-state index in [9.17, 15) is 4.79 Å². The Balaban J connectivity index is 3.57. The highest BCUT2D eigenvalue weighted by Crippen LogP contribution is 1.83. The van der Waals surface area contributed by atoms with Crippen molar-refractivity contribution >= 4 is 5.91 Å². The van der Waals surface area contributed by atoms with Gasteiger partial charge in [0.15, 0.2) is 0 Å². The Bertz CT molecular complexity index is 112. The molecule has 0 fully saturated rings. The summed E-state index contributed by atoms with van der Waals surface area (Å²) in [5, 5.41) is 0. The number of amides is 1. The minimum atomic E-state index is 0.117. The molecule has 10 heavy (non-hydrogen) atoms. The van der Waals surface area contributed by atoms with Gasteiger partial charge < -0.3 is 4.90 Å². The number of rotatable bonds is 3. The normalized spacial score (nSPS) is 10.1. The zero-order chi connectivity index (χ0) is 8.15. The van der Waals surface area contributed by atoms with E-state index < -0.39 is 0 Å². The van der Waals surface area contributed by atoms with Gasteiger partial charge in [-0.3, -0.25) is 9.69 Å². The van der Waals surface area contributed by atoms with Gasteiger partial charge in [-0.15, -0.1) is 0 Å². The van der Waals surface area contributed by atoms with Crippen LogP contribution in [0.4, 0.5) is 0 Å². The highest BCUT2D eigenvalue weighted by Gasteiger charge is 2.05. The first-order chi connectivity index (χ1) is 4.57. The molecule has 0 aliphatic carbocycles. The molecule has 3 heteroatoms. The summed E-state index contributed by atoms with van der Waals surface area (Å²) in [6, 6.07) is 0. The Morgan fingerprint density at radius 3 is 2.20 bits per heavy atom. The minimum absolute atomic E-state index is 0.117. The number of hydrogen-bond acceptors (Lipinski definition) is 2. The monoisotopic (exact) mass is 143 g/mol. The summed E-state index contributed by atoms with van der Waals surface area (Å²) in [5.41, 5.74) is 0. The number of carbonyl (C=O) groups excluding carboxylic acids is 1. The molecule has 1 amide bonds. The van der Waals surface area contributed by atoms with E-state index in [2.05, 4.69) is 6.92 Å². The molecule has 0 atom stereocenters. The van der Waals surface area contributed by atoms with Crippen LogP contribution >= 0.6 is 0 Å². The SMILES string of the molecule is [CH2]CN(C)CC(=O)N(C)C. The van der Waals surface area contributed by atoms with Gasteiger partial charge in [-0.1, -0.05) is 0 Å². The van der Waals surface area contributed by atoms with Crippen molar-refractivity contribution in [1.29, 1.82) is 0 Å². The number of carbonyl (C=O) groups is 1. The van der Waals surface area contributed by atoms with Crippen LogP contribution in [0.1, 0.15) is 0 Å². The van der Waals surface area contributed by atoms with Gasteiger partial charge in [0, 0.05) is 14.1 Å². The molecule has 3 nitrogen and oxygen atoms in total. The summed E-state index contributed by atoms with van der Waals surface area (Å²) in [7, 11) is 5.37. The zero-order valence-electron chi connectivity index (χ0n) is 6.92. The fourth-order valence-corrected chi connectivity index (χ4v) is 0.451. The Morgan fingerprint density at radius 1 is 1.40 bits per heavy atom. The number of likely N-dealkylation sites (N-methyl/N-ethyl adjacent to an activating group) is 2. The third-order valence-electron chi connectivity index (χ3n) is 1.29. The van der Waals surface area contributed by atoms with Gasteiger partial charge in [-0.2, -0.15) is 0 Å². The second-order valence-corrected chi connectivity index (χ2v) is 2.53. The van der Waals surface area contributed by atoms with E-state index in [4.69, 9.17) is 0 Å². The lowest BCUT2D eigenvalue weighted by Crippen LogP contribution is -2.34. The molecule has 0 saturated carbocycles. The molecular formula is C7H15N2O. The third-order valence-corrected chi connectivity index (χ3v) is 1.29. The molecule has 0 spiro atoms. The molecule has 0 N–H and O–H groups in total. The summed E-state index contributed by atoms with van der Waals surface area (Å²) >= 11 is 0. The van der Waals surface area contributed by atoms with Crippen LogP contribution in [0.2, 0.25) is 0 Å². The van der Waals surface area contributed by atoms with Crippen LogP contribution in [0.3, 0.4) is 0 Å². The summed E-state index contributed by atoms with van der Waals surface area (Å²) < 4.78 is 0. The van der Waals surface area contributed by atoms with Gasteiger partial charge in [0.2, 0.25) is 5.91 Å². The van der Waals surface area contributed by atoms with E-state index in [1.54, 1.807) is 19.0 Å². The quantitative estimate of drug-likeness (QED) is 0.548. The van der Waals surface area contributed by atoms with Crippen molar-refractivity contribution < 1.29 is 4.79 Å². The van der Waals surface area contributed by atoms with Crippen LogP contribution in [0.5, 0.6) is 0 Å². The van der Waals surface area contributed by atoms with E-state index in [0.717, 1.165) is 0 Å². The van der Waals surface area contributed by atoms with E-state index in [0.29, 0.717) is 13.1 Å². The Labute approximate surface area is 62.6 Å². The Kier molecular flexibility index (Phi) is 4.03. The lowest BCUT2D eigenvalue weighted by atomic mass is 10.5. The van der Waals surface area contributed by atoms with Gasteiger partial charge in [-0.05, 0) is 20.5 Å². The smallest absolute Gasteiger partial charge is 0.236 e. The average molecular weight is 143 g/mol. The largest absolute Gasteiger partial charge is 0.348 e. The van der Waals surface area contributed by atoms with Crippen LogP contribution in [-0.2, 0) is 4.79 Å². The van der Waals surface area contributed by atoms with Crippen molar-refractivity contribution in [3.63, 3.8) is 0 Å². The minimum Gasteiger partial charge on any atom is -0.348 e. The van der Waals surface area contributed by atoms with Gasteiger partial charge in [0.1, 0.15) is 0 Å². The molecular weight excluding hydrogens is 128 g/mol. The average Bonchev–Trinajstić information content (AvgIpc) is 1.87. The van der Waals surface area contributed by atoms with Crippen LogP contribution < -0.4 is 0 Å². The molecule has 0 unspecified atom stereocenters. The molecule has 0 rings (SSSR count). The molecule has 1 radical (unpaired) electrons. The van der Waals surface area contributed by atoms with E-state index >= 15 is 0 Å². The molecule has 0 heterocycles. The van der Waals surface area contributed by atoms with E-state index in [1.165, 1.54) is 0 Å². The third kappa shape index (κ3) is 3.45. The van der Waals surface area contributed by atoms with Crippen LogP contribution in [-0.4, -0.2) is 49.9 Å². The van der Waals surface area contributed by atoms with Crippen molar-refractivity contribution in [2.24, 2.45) is 0 Å². The van der Waals surface area contributed by atoms with Crippen molar-refractivity contribution in [3.8, 4) is 0 Å². The summed E-state index contributed by atoms with van der Waals surface area (Å²) in [6.07, 6.45) is 0. The van der Waals surface area contributed by atoms with Gasteiger partial charge in [0.25, 0.3) is 0 Å². The van der Waals surface area contributed by atoms with Crippen LogP contribution in [0.25, 0.3) is 0 Å². The highest BCUT2D eigenvalue weighted by molar-refractivity contribution is 5.77. The maximum atomic E-state index is 11.0. The molecule has 0 aromatic carbocycles. The molecule has 0 bridgehead atoms. The first-order valence-corrected chi connectivity index (χ1v) is 3.26. The molecule has 0 aliphatic rings. The standard InChI is InChI=1S/C7H15N2O/c1-5-9(4)6-7(10)8(2)3/h1,5-6H2,2-4H3. The van der Waals surface area contributed by atoms with Crippen molar-refractivity contribution in [2.45, 2.75) is 0 Å². The van der Waals surface area contributed by atoms with Gasteiger partial charge in [0.05, 0.1) is 6.54 Å². The fraction of sp³-hybridized carbons (Fsp3) is 0.714. The first kappa shape index (κ1) is 9.43. The Hall–Kier alpha value is -0.570. The van der Waals surface area contributed by atoms with Crippen LogP contribution in [0, 0.1) is 6.92 Å².